The molecule has 0 radical (unpaired) electrons. The van der Waals surface area contributed by atoms with Gasteiger partial charge in [-0.05, 0) is 20.8 Å². The summed E-state index contributed by atoms with van der Waals surface area (Å²) in [5.41, 5.74) is 0. The van der Waals surface area contributed by atoms with Crippen LogP contribution in [0.1, 0.15) is 33.6 Å². The van der Waals surface area contributed by atoms with Crippen LogP contribution in [0.4, 0.5) is 0 Å². The van der Waals surface area contributed by atoms with Gasteiger partial charge < -0.3 is 24.4 Å². The van der Waals surface area contributed by atoms with Gasteiger partial charge in [0.05, 0.1) is 31.8 Å². The molecule has 0 amide bonds. The molecule has 4 unspecified atom stereocenters. The van der Waals surface area contributed by atoms with Gasteiger partial charge in [-0.3, -0.25) is 4.79 Å². The van der Waals surface area contributed by atoms with Crippen LogP contribution in [0.5, 0.6) is 0 Å². The number of carbonyl (C=O) groups is 1. The molecule has 6 nitrogen and oxygen atoms in total. The number of aliphatic hydroxyl groups is 1. The topological polar surface area (TPSA) is 85.2 Å². The van der Waals surface area contributed by atoms with Crippen molar-refractivity contribution in [1.82, 2.24) is 0 Å². The summed E-state index contributed by atoms with van der Waals surface area (Å²) in [6, 6.07) is 0. The predicted octanol–water partition coefficient (Wildman–Crippen LogP) is 0.769. The lowest BCUT2D eigenvalue weighted by atomic mass is 10.2. The minimum Gasteiger partial charge on any atom is -0.481 e. The van der Waals surface area contributed by atoms with Gasteiger partial charge in [-0.15, -0.1) is 0 Å². The van der Waals surface area contributed by atoms with Crippen LogP contribution in [0.2, 0.25) is 0 Å². The maximum Gasteiger partial charge on any atom is 0.303 e. The smallest absolute Gasteiger partial charge is 0.303 e. The van der Waals surface area contributed by atoms with Crippen molar-refractivity contribution in [1.29, 1.82) is 0 Å². The van der Waals surface area contributed by atoms with Gasteiger partial charge in [0.1, 0.15) is 6.10 Å². The van der Waals surface area contributed by atoms with Gasteiger partial charge in [-0.25, -0.2) is 0 Å². The zero-order valence-corrected chi connectivity index (χ0v) is 11.1. The molecule has 1 aliphatic rings. The molecular formula is C12H22O6. The summed E-state index contributed by atoms with van der Waals surface area (Å²) in [6.07, 6.45) is -0.700. The second-order valence-corrected chi connectivity index (χ2v) is 4.86. The van der Waals surface area contributed by atoms with Crippen molar-refractivity contribution in [3.8, 4) is 0 Å². The summed E-state index contributed by atoms with van der Waals surface area (Å²) in [7, 11) is 0. The van der Waals surface area contributed by atoms with E-state index in [4.69, 9.17) is 19.3 Å². The van der Waals surface area contributed by atoms with Crippen molar-refractivity contribution in [2.75, 3.05) is 13.2 Å². The van der Waals surface area contributed by atoms with E-state index >= 15 is 0 Å². The Hall–Kier alpha value is -0.690. The molecule has 1 saturated heterocycles. The SMILES string of the molecule is CC(O)C(C)OCC1COC(C)(CCC(=O)O)O1. The average Bonchev–Trinajstić information content (AvgIpc) is 2.66. The highest BCUT2D eigenvalue weighted by molar-refractivity contribution is 5.66. The van der Waals surface area contributed by atoms with Gasteiger partial charge in [0.25, 0.3) is 0 Å². The number of carboxylic acid groups (broad SMARTS) is 1. The zero-order valence-electron chi connectivity index (χ0n) is 11.1. The lowest BCUT2D eigenvalue weighted by molar-refractivity contribution is -0.172. The van der Waals surface area contributed by atoms with Gasteiger partial charge in [0.2, 0.25) is 0 Å². The second kappa shape index (κ2) is 6.47. The molecule has 106 valence electrons. The van der Waals surface area contributed by atoms with Crippen molar-refractivity contribution in [2.45, 2.75) is 57.7 Å². The maximum absolute atomic E-state index is 10.5. The van der Waals surface area contributed by atoms with E-state index in [1.54, 1.807) is 20.8 Å². The maximum atomic E-state index is 10.5. The zero-order chi connectivity index (χ0) is 13.8. The van der Waals surface area contributed by atoms with E-state index in [0.29, 0.717) is 19.6 Å². The van der Waals surface area contributed by atoms with Crippen LogP contribution >= 0.6 is 0 Å². The molecule has 4 atom stereocenters. The highest BCUT2D eigenvalue weighted by atomic mass is 16.7. The Labute approximate surface area is 107 Å². The van der Waals surface area contributed by atoms with E-state index in [9.17, 15) is 9.90 Å². The summed E-state index contributed by atoms with van der Waals surface area (Å²) in [6.45, 7) is 5.88. The first-order chi connectivity index (χ1) is 8.32. The molecule has 0 aromatic rings. The van der Waals surface area contributed by atoms with Crippen molar-refractivity contribution >= 4 is 5.97 Å². The fraction of sp³-hybridized carbons (Fsp3) is 0.917. The summed E-state index contributed by atoms with van der Waals surface area (Å²) in [5.74, 6) is -1.72. The lowest BCUT2D eigenvalue weighted by Gasteiger charge is -2.23. The van der Waals surface area contributed by atoms with Crippen molar-refractivity contribution in [2.24, 2.45) is 0 Å². The number of carboxylic acids is 1. The fourth-order valence-electron chi connectivity index (χ4n) is 1.64. The molecule has 18 heavy (non-hydrogen) atoms. The van der Waals surface area contributed by atoms with Crippen molar-refractivity contribution in [3.63, 3.8) is 0 Å². The third kappa shape index (κ3) is 4.89. The first kappa shape index (κ1) is 15.4. The van der Waals surface area contributed by atoms with Crippen molar-refractivity contribution < 1.29 is 29.2 Å². The number of hydrogen-bond donors (Lipinski definition) is 2. The lowest BCUT2D eigenvalue weighted by Crippen LogP contribution is -2.31. The van der Waals surface area contributed by atoms with Crippen LogP contribution in [0.15, 0.2) is 0 Å². The van der Waals surface area contributed by atoms with E-state index in [1.165, 1.54) is 0 Å². The quantitative estimate of drug-likeness (QED) is 0.705. The molecule has 1 heterocycles. The molecular weight excluding hydrogens is 240 g/mol. The summed E-state index contributed by atoms with van der Waals surface area (Å²) < 4.78 is 16.5. The Morgan fingerprint density at radius 2 is 2.22 bits per heavy atom. The van der Waals surface area contributed by atoms with E-state index < -0.39 is 17.9 Å². The molecule has 1 rings (SSSR count). The van der Waals surface area contributed by atoms with Crippen LogP contribution in [-0.2, 0) is 19.0 Å². The summed E-state index contributed by atoms with van der Waals surface area (Å²) in [5, 5.41) is 17.9. The van der Waals surface area contributed by atoms with Crippen molar-refractivity contribution in [3.05, 3.63) is 0 Å². The van der Waals surface area contributed by atoms with E-state index in [2.05, 4.69) is 0 Å². The third-order valence-corrected chi connectivity index (χ3v) is 3.01. The first-order valence-electron chi connectivity index (χ1n) is 6.15. The minimum atomic E-state index is -0.870. The Morgan fingerprint density at radius 1 is 1.56 bits per heavy atom. The van der Waals surface area contributed by atoms with Gasteiger partial charge in [-0.1, -0.05) is 0 Å². The van der Waals surface area contributed by atoms with Gasteiger partial charge in [0, 0.05) is 6.42 Å². The van der Waals surface area contributed by atoms with Gasteiger partial charge >= 0.3 is 5.97 Å². The standard InChI is InChI=1S/C12H22O6/c1-8(13)9(2)16-6-10-7-17-12(3,18-10)5-4-11(14)15/h8-10,13H,4-7H2,1-3H3,(H,14,15). The average molecular weight is 262 g/mol. The van der Waals surface area contributed by atoms with Gasteiger partial charge in [0.15, 0.2) is 5.79 Å². The number of aliphatic carboxylic acids is 1. The third-order valence-electron chi connectivity index (χ3n) is 3.01. The molecule has 6 heteroatoms. The van der Waals surface area contributed by atoms with Crippen LogP contribution in [0, 0.1) is 0 Å². The molecule has 0 aromatic heterocycles. The molecule has 1 fully saturated rings. The van der Waals surface area contributed by atoms with Crippen LogP contribution in [0.25, 0.3) is 0 Å². The van der Waals surface area contributed by atoms with Gasteiger partial charge in [-0.2, -0.15) is 0 Å². The molecule has 1 aliphatic heterocycles. The van der Waals surface area contributed by atoms with E-state index in [0.717, 1.165) is 0 Å². The molecule has 0 aliphatic carbocycles. The number of hydrogen-bond acceptors (Lipinski definition) is 5. The number of aliphatic hydroxyl groups excluding tert-OH is 1. The Balaban J connectivity index is 2.29. The normalized spacial score (nSPS) is 31.2. The highest BCUT2D eigenvalue weighted by Crippen LogP contribution is 2.28. The molecule has 0 aromatic carbocycles. The molecule has 0 spiro atoms. The predicted molar refractivity (Wildman–Crippen MR) is 63.2 cm³/mol. The Bertz CT molecular complexity index is 280. The minimum absolute atomic E-state index is 0.00809. The van der Waals surface area contributed by atoms with Crippen LogP contribution in [-0.4, -0.2) is 53.5 Å². The molecule has 0 saturated carbocycles. The second-order valence-electron chi connectivity index (χ2n) is 4.86. The Morgan fingerprint density at radius 3 is 2.78 bits per heavy atom. The number of ether oxygens (including phenoxy) is 3. The number of rotatable bonds is 7. The van der Waals surface area contributed by atoms with Crippen LogP contribution in [0.3, 0.4) is 0 Å². The highest BCUT2D eigenvalue weighted by Gasteiger charge is 2.37. The summed E-state index contributed by atoms with van der Waals surface area (Å²) in [4.78, 5) is 10.5. The van der Waals surface area contributed by atoms with Crippen LogP contribution < -0.4 is 0 Å². The summed E-state index contributed by atoms with van der Waals surface area (Å²) >= 11 is 0. The van der Waals surface area contributed by atoms with E-state index in [-0.39, 0.29) is 18.6 Å². The molecule has 0 bridgehead atoms. The monoisotopic (exact) mass is 262 g/mol. The molecule has 2 N–H and O–H groups in total. The Kier molecular flexibility index (Phi) is 5.52. The fourth-order valence-corrected chi connectivity index (χ4v) is 1.64. The van der Waals surface area contributed by atoms with E-state index in [1.807, 2.05) is 0 Å². The largest absolute Gasteiger partial charge is 0.481 e. The first-order valence-corrected chi connectivity index (χ1v) is 6.15.